The number of nitrogens with zero attached hydrogens (tertiary/aromatic N) is 4. The van der Waals surface area contributed by atoms with Gasteiger partial charge in [0.05, 0.1) is 24.5 Å². The number of aliphatic carboxylic acids is 3. The van der Waals surface area contributed by atoms with E-state index in [1.807, 2.05) is 28.0 Å². The molecular weight excluding hydrogens is 552 g/mol. The van der Waals surface area contributed by atoms with Crippen molar-refractivity contribution >= 4 is 23.8 Å². The third-order valence-corrected chi connectivity index (χ3v) is 5.95. The monoisotopic (exact) mass is 587 g/mol. The van der Waals surface area contributed by atoms with E-state index in [-0.39, 0.29) is 51.3 Å². The van der Waals surface area contributed by atoms with Gasteiger partial charge in [0.15, 0.2) is 0 Å². The van der Waals surface area contributed by atoms with Gasteiger partial charge >= 0.3 is 17.9 Å². The minimum atomic E-state index is -1.12. The number of fused-ring (bicyclic) bond motifs is 2. The van der Waals surface area contributed by atoms with Crippen LogP contribution in [-0.4, -0.2) is 117 Å². The molecule has 14 nitrogen and oxygen atoms in total. The molecule has 1 aromatic rings. The molecule has 15 heteroatoms. The molecule has 1 amide bonds. The van der Waals surface area contributed by atoms with Crippen LogP contribution in [0.4, 0.5) is 0 Å². The first kappa shape index (κ1) is 33.5. The average molecular weight is 589 g/mol. The van der Waals surface area contributed by atoms with E-state index in [1.165, 1.54) is 0 Å². The molecule has 0 aliphatic carbocycles. The number of hydrazine groups is 1. The van der Waals surface area contributed by atoms with Gasteiger partial charge in [-0.15, -0.1) is 0 Å². The van der Waals surface area contributed by atoms with Gasteiger partial charge in [-0.2, -0.15) is 0 Å². The molecule has 2 heterocycles. The summed E-state index contributed by atoms with van der Waals surface area (Å²) in [4.78, 5) is 56.2. The molecule has 0 aromatic carbocycles. The van der Waals surface area contributed by atoms with Crippen LogP contribution in [0.2, 0.25) is 0 Å². The molecule has 1 atom stereocenters. The van der Waals surface area contributed by atoms with Gasteiger partial charge in [-0.3, -0.25) is 39.8 Å². The maximum Gasteiger partial charge on any atom is 0.322 e. The van der Waals surface area contributed by atoms with Crippen molar-refractivity contribution < 1.29 is 54.0 Å². The fourth-order valence-corrected chi connectivity index (χ4v) is 4.05. The zero-order chi connectivity index (χ0) is 27.2. The van der Waals surface area contributed by atoms with Crippen LogP contribution in [0.5, 0.6) is 0 Å². The molecule has 1 unspecified atom stereocenters. The average Bonchev–Trinajstić information content (AvgIpc) is 2.81. The number of rotatable bonds is 13. The molecule has 208 valence electrons. The summed E-state index contributed by atoms with van der Waals surface area (Å²) in [5.41, 5.74) is 3.60. The Morgan fingerprint density at radius 3 is 1.92 bits per heavy atom. The van der Waals surface area contributed by atoms with E-state index in [2.05, 4.69) is 20.6 Å². The van der Waals surface area contributed by atoms with Gasteiger partial charge in [0.25, 0.3) is 0 Å². The Kier molecular flexibility index (Phi) is 15.7. The first-order chi connectivity index (χ1) is 17.7. The van der Waals surface area contributed by atoms with Crippen LogP contribution in [0.15, 0.2) is 18.2 Å². The van der Waals surface area contributed by atoms with E-state index < -0.39 is 23.9 Å². The van der Waals surface area contributed by atoms with Gasteiger partial charge in [0, 0.05) is 71.7 Å². The summed E-state index contributed by atoms with van der Waals surface area (Å²) in [6.07, 6.45) is 0.703. The molecular formula is C23H37N7O7Zn. The number of carboxylic acids is 3. The summed E-state index contributed by atoms with van der Waals surface area (Å²) in [7, 11) is 0. The van der Waals surface area contributed by atoms with Crippen molar-refractivity contribution in [1.82, 2.24) is 30.4 Å². The number of hydrogen-bond acceptors (Lipinski definition) is 10. The molecule has 1 aromatic heterocycles. The van der Waals surface area contributed by atoms with Gasteiger partial charge in [-0.1, -0.05) is 6.07 Å². The van der Waals surface area contributed by atoms with E-state index in [1.54, 1.807) is 0 Å². The number of aromatic nitrogens is 1. The molecule has 0 saturated heterocycles. The van der Waals surface area contributed by atoms with Gasteiger partial charge < -0.3 is 25.5 Å². The van der Waals surface area contributed by atoms with E-state index >= 15 is 0 Å². The predicted molar refractivity (Wildman–Crippen MR) is 132 cm³/mol. The Morgan fingerprint density at radius 1 is 0.921 bits per heavy atom. The molecule has 0 fully saturated rings. The third-order valence-electron chi connectivity index (χ3n) is 5.95. The molecule has 1 aliphatic rings. The van der Waals surface area contributed by atoms with E-state index in [0.717, 1.165) is 11.4 Å². The summed E-state index contributed by atoms with van der Waals surface area (Å²) in [6, 6.07) is 4.51. The molecule has 0 spiro atoms. The van der Waals surface area contributed by atoms with Crippen molar-refractivity contribution in [3.8, 4) is 0 Å². The van der Waals surface area contributed by atoms with Crippen LogP contribution >= 0.6 is 0 Å². The van der Waals surface area contributed by atoms with Crippen molar-refractivity contribution in [2.75, 3.05) is 52.4 Å². The molecule has 0 radical (unpaired) electrons. The summed E-state index contributed by atoms with van der Waals surface area (Å²) < 4.78 is 0. The van der Waals surface area contributed by atoms with Gasteiger partial charge in [-0.25, -0.2) is 5.43 Å². The Balaban J connectivity index is 0.00000722. The minimum absolute atomic E-state index is 0. The normalized spacial score (nSPS) is 16.3. The van der Waals surface area contributed by atoms with E-state index in [4.69, 9.17) is 10.9 Å². The number of carbonyl (C=O) groups is 4. The van der Waals surface area contributed by atoms with Gasteiger partial charge in [0.1, 0.15) is 6.04 Å². The van der Waals surface area contributed by atoms with Crippen molar-refractivity contribution in [3.63, 3.8) is 0 Å². The number of nitrogens with two attached hydrogens (primary N) is 1. The fourth-order valence-electron chi connectivity index (χ4n) is 4.05. The molecule has 0 saturated carbocycles. The van der Waals surface area contributed by atoms with Gasteiger partial charge in [0.2, 0.25) is 5.91 Å². The Labute approximate surface area is 234 Å². The van der Waals surface area contributed by atoms with Crippen molar-refractivity contribution in [2.45, 2.75) is 38.4 Å². The van der Waals surface area contributed by atoms with Gasteiger partial charge in [-0.05, 0) is 31.5 Å². The maximum absolute atomic E-state index is 12.0. The third kappa shape index (κ3) is 13.3. The van der Waals surface area contributed by atoms with Crippen LogP contribution in [0.3, 0.4) is 0 Å². The van der Waals surface area contributed by atoms with Crippen LogP contribution < -0.4 is 16.6 Å². The molecule has 1 aliphatic heterocycles. The second kappa shape index (κ2) is 17.9. The second-order valence-corrected chi connectivity index (χ2v) is 8.97. The van der Waals surface area contributed by atoms with Crippen molar-refractivity contribution in [1.29, 1.82) is 0 Å². The molecule has 7 N–H and O–H groups in total. The fraction of sp³-hybridized carbons (Fsp3) is 0.609. The Morgan fingerprint density at radius 2 is 1.45 bits per heavy atom. The summed E-state index contributed by atoms with van der Waals surface area (Å²) in [5.74, 6) is 1.92. The van der Waals surface area contributed by atoms with Crippen LogP contribution in [0.1, 0.15) is 30.7 Å². The van der Waals surface area contributed by atoms with Crippen molar-refractivity contribution in [3.05, 3.63) is 29.6 Å². The quantitative estimate of drug-likeness (QED) is 0.0664. The topological polar surface area (TPSA) is 202 Å². The standard InChI is InChI=1S/C23H37N7O7.Zn/c24-27-19(23(36)37)5-6-20(31)25-7-2-8-28-9-11-29(15-21(32)33)13-17-3-1-4-18(26-17)14-30(12-10-28)16-22(34)35;/h1,3-4,19,27H,2,5-16,24H2,(H,25,31)(H,32,33)(H,34,35)(H,36,37);. The number of nitrogens with one attached hydrogen (secondary N) is 2. The smallest absolute Gasteiger partial charge is 0.322 e. The van der Waals surface area contributed by atoms with Crippen molar-refractivity contribution in [2.24, 2.45) is 5.84 Å². The minimum Gasteiger partial charge on any atom is -0.480 e. The van der Waals surface area contributed by atoms with E-state index in [0.29, 0.717) is 58.8 Å². The van der Waals surface area contributed by atoms with Crippen LogP contribution in [0.25, 0.3) is 0 Å². The number of amides is 1. The van der Waals surface area contributed by atoms with Crippen LogP contribution in [-0.2, 0) is 51.7 Å². The Hall–Kier alpha value is -2.55. The number of pyridine rings is 1. The first-order valence-electron chi connectivity index (χ1n) is 12.2. The summed E-state index contributed by atoms with van der Waals surface area (Å²) in [6.45, 7) is 3.53. The maximum atomic E-state index is 12.0. The SMILES string of the molecule is NNC(CCC(=O)NCCCN1CCN(CC(=O)O)Cc2cccc(n2)CN(CC(=O)O)CC1)C(=O)O.[Zn]. The Bertz CT molecular complexity index is 879. The molecule has 38 heavy (non-hydrogen) atoms. The first-order valence-corrected chi connectivity index (χ1v) is 12.2. The summed E-state index contributed by atoms with van der Waals surface area (Å²) >= 11 is 0. The number of carboxylic acid groups (broad SMARTS) is 3. The zero-order valence-corrected chi connectivity index (χ0v) is 24.5. The predicted octanol–water partition coefficient (Wildman–Crippen LogP) is -1.63. The second-order valence-electron chi connectivity index (χ2n) is 8.97. The number of carbonyl (C=O) groups excluding carboxylic acids is 1. The zero-order valence-electron chi connectivity index (χ0n) is 21.5. The summed E-state index contributed by atoms with van der Waals surface area (Å²) in [5, 5.41) is 30.4. The molecule has 2 bridgehead atoms. The largest absolute Gasteiger partial charge is 0.480 e. The molecule has 2 rings (SSSR count). The van der Waals surface area contributed by atoms with E-state index in [9.17, 15) is 29.4 Å². The number of hydrogen-bond donors (Lipinski definition) is 6. The van der Waals surface area contributed by atoms with Crippen LogP contribution in [0, 0.1) is 0 Å².